The molecule has 148 valence electrons. The Morgan fingerprint density at radius 2 is 1.96 bits per heavy atom. The highest BCUT2D eigenvalue weighted by molar-refractivity contribution is 7.22. The number of amides is 1. The number of nitrogens with one attached hydrogen (secondary N) is 1. The van der Waals surface area contributed by atoms with Crippen LogP contribution in [-0.4, -0.2) is 45.2 Å². The summed E-state index contributed by atoms with van der Waals surface area (Å²) in [7, 11) is 5.91. The second-order valence-electron chi connectivity index (χ2n) is 7.17. The van der Waals surface area contributed by atoms with Gasteiger partial charge in [0.2, 0.25) is 5.91 Å². The fourth-order valence-electron chi connectivity index (χ4n) is 3.09. The van der Waals surface area contributed by atoms with Crippen molar-refractivity contribution < 1.29 is 14.4 Å². The van der Waals surface area contributed by atoms with Crippen LogP contribution in [0.2, 0.25) is 0 Å². The van der Waals surface area contributed by atoms with E-state index < -0.39 is 0 Å². The molecule has 3 aromatic rings. The number of anilines is 1. The molecule has 1 N–H and O–H groups in total. The monoisotopic (exact) mass is 398 g/mol. The van der Waals surface area contributed by atoms with Crippen molar-refractivity contribution in [3.63, 3.8) is 0 Å². The molecule has 28 heavy (non-hydrogen) atoms. The molecule has 0 aliphatic rings. The van der Waals surface area contributed by atoms with E-state index in [0.717, 1.165) is 40.5 Å². The molecule has 0 unspecified atom stereocenters. The molecule has 0 spiro atoms. The molecule has 1 aromatic heterocycles. The zero-order chi connectivity index (χ0) is 19.9. The zero-order valence-corrected chi connectivity index (χ0v) is 17.6. The fraction of sp³-hybridized carbons (Fsp3) is 0.364. The molecule has 0 bridgehead atoms. The van der Waals surface area contributed by atoms with Crippen molar-refractivity contribution in [1.82, 2.24) is 4.98 Å². The molecule has 1 heterocycles. The maximum atomic E-state index is 13.1. The molecule has 6 heteroatoms. The van der Waals surface area contributed by atoms with Crippen molar-refractivity contribution in [1.29, 1.82) is 0 Å². The first-order valence-corrected chi connectivity index (χ1v) is 10.5. The third-order valence-corrected chi connectivity index (χ3v) is 5.70. The number of hydrogen-bond acceptors (Lipinski definition) is 4. The topological polar surface area (TPSA) is 46.9 Å². The molecule has 0 fully saturated rings. The number of carbonyl (C=O) groups is 1. The van der Waals surface area contributed by atoms with Gasteiger partial charge in [0.25, 0.3) is 0 Å². The number of hydrogen-bond donors (Lipinski definition) is 1. The van der Waals surface area contributed by atoms with Gasteiger partial charge in [-0.1, -0.05) is 41.7 Å². The van der Waals surface area contributed by atoms with E-state index in [1.807, 2.05) is 41.3 Å². The van der Waals surface area contributed by atoms with Gasteiger partial charge in [0, 0.05) is 25.5 Å². The van der Waals surface area contributed by atoms with Gasteiger partial charge < -0.3 is 9.64 Å². The second-order valence-corrected chi connectivity index (χ2v) is 8.18. The van der Waals surface area contributed by atoms with Crippen molar-refractivity contribution in [3.8, 4) is 5.75 Å². The van der Waals surface area contributed by atoms with Crippen LogP contribution in [0.5, 0.6) is 5.75 Å². The van der Waals surface area contributed by atoms with Crippen LogP contribution >= 0.6 is 11.3 Å². The van der Waals surface area contributed by atoms with Crippen molar-refractivity contribution in [2.45, 2.75) is 19.3 Å². The number of nitrogens with zero attached hydrogens (tertiary/aromatic N) is 2. The minimum absolute atomic E-state index is 0.128. The van der Waals surface area contributed by atoms with Gasteiger partial charge in [-0.15, -0.1) is 0 Å². The van der Waals surface area contributed by atoms with E-state index in [0.29, 0.717) is 13.0 Å². The molecule has 0 radical (unpaired) electrons. The normalized spacial score (nSPS) is 11.1. The highest BCUT2D eigenvalue weighted by atomic mass is 32.1. The van der Waals surface area contributed by atoms with E-state index in [2.05, 4.69) is 26.2 Å². The predicted molar refractivity (Wildman–Crippen MR) is 116 cm³/mol. The molecule has 2 aromatic carbocycles. The second kappa shape index (κ2) is 9.66. The Morgan fingerprint density at radius 1 is 1.18 bits per heavy atom. The molecular formula is C22H28N3O2S+. The van der Waals surface area contributed by atoms with Gasteiger partial charge >= 0.3 is 0 Å². The summed E-state index contributed by atoms with van der Waals surface area (Å²) in [6.07, 6.45) is 2.17. The van der Waals surface area contributed by atoms with Crippen LogP contribution in [0.3, 0.4) is 0 Å². The number of aromatic nitrogens is 1. The van der Waals surface area contributed by atoms with Gasteiger partial charge in [-0.3, -0.25) is 9.69 Å². The van der Waals surface area contributed by atoms with E-state index in [1.165, 1.54) is 10.5 Å². The minimum atomic E-state index is 0.128. The van der Waals surface area contributed by atoms with Gasteiger partial charge in [-0.2, -0.15) is 0 Å². The molecule has 0 aliphatic carbocycles. The van der Waals surface area contributed by atoms with Crippen LogP contribution in [0.4, 0.5) is 5.13 Å². The third kappa shape index (κ3) is 5.30. The van der Waals surface area contributed by atoms with Gasteiger partial charge in [0.05, 0.1) is 38.0 Å². The van der Waals surface area contributed by atoms with Crippen molar-refractivity contribution in [2.24, 2.45) is 0 Å². The summed E-state index contributed by atoms with van der Waals surface area (Å²) in [6.45, 7) is 1.71. The number of carbonyl (C=O) groups excluding carboxylic acids is 1. The quantitative estimate of drug-likeness (QED) is 0.603. The molecule has 0 aliphatic heterocycles. The molecule has 0 saturated heterocycles. The first-order chi connectivity index (χ1) is 13.6. The molecule has 0 saturated carbocycles. The predicted octanol–water partition coefficient (Wildman–Crippen LogP) is 2.81. The number of rotatable bonds is 9. The number of fused-ring (bicyclic) bond motifs is 1. The Balaban J connectivity index is 1.78. The summed E-state index contributed by atoms with van der Waals surface area (Å²) in [5.74, 6) is 0.908. The third-order valence-electron chi connectivity index (χ3n) is 4.64. The summed E-state index contributed by atoms with van der Waals surface area (Å²) in [5.41, 5.74) is 2.06. The van der Waals surface area contributed by atoms with Gasteiger partial charge in [0.15, 0.2) is 5.13 Å². The SMILES string of the molecule is COc1ccc2sc(N(CCC[NH+](C)C)C(=O)CCc3ccccc3)nc2c1. The van der Waals surface area contributed by atoms with Crippen LogP contribution < -0.4 is 14.5 Å². The lowest BCUT2D eigenvalue weighted by Gasteiger charge is -2.20. The Hall–Kier alpha value is -2.44. The lowest BCUT2D eigenvalue weighted by atomic mass is 10.1. The van der Waals surface area contributed by atoms with Crippen LogP contribution in [-0.2, 0) is 11.2 Å². The zero-order valence-electron chi connectivity index (χ0n) is 16.8. The summed E-state index contributed by atoms with van der Waals surface area (Å²) >= 11 is 1.57. The van der Waals surface area contributed by atoms with E-state index in [9.17, 15) is 4.79 Å². The summed E-state index contributed by atoms with van der Waals surface area (Å²) < 4.78 is 6.36. The average molecular weight is 399 g/mol. The Morgan fingerprint density at radius 3 is 2.68 bits per heavy atom. The van der Waals surface area contributed by atoms with Crippen LogP contribution in [0, 0.1) is 0 Å². The lowest BCUT2D eigenvalue weighted by Crippen LogP contribution is -3.05. The fourth-order valence-corrected chi connectivity index (χ4v) is 4.08. The van der Waals surface area contributed by atoms with Gasteiger partial charge in [-0.05, 0) is 24.1 Å². The maximum Gasteiger partial charge on any atom is 0.229 e. The van der Waals surface area contributed by atoms with E-state index >= 15 is 0 Å². The van der Waals surface area contributed by atoms with Crippen molar-refractivity contribution in [3.05, 3.63) is 54.1 Å². The van der Waals surface area contributed by atoms with Crippen molar-refractivity contribution >= 4 is 32.6 Å². The van der Waals surface area contributed by atoms with E-state index in [4.69, 9.17) is 9.72 Å². The number of aryl methyl sites for hydroxylation is 1. The minimum Gasteiger partial charge on any atom is -0.497 e. The van der Waals surface area contributed by atoms with Crippen LogP contribution in [0.15, 0.2) is 48.5 Å². The Kier molecular flexibility index (Phi) is 7.01. The highest BCUT2D eigenvalue weighted by Crippen LogP contribution is 2.31. The summed E-state index contributed by atoms with van der Waals surface area (Å²) in [4.78, 5) is 21.0. The van der Waals surface area contributed by atoms with E-state index in [1.54, 1.807) is 18.4 Å². The van der Waals surface area contributed by atoms with E-state index in [-0.39, 0.29) is 5.91 Å². The first kappa shape index (κ1) is 20.3. The average Bonchev–Trinajstić information content (AvgIpc) is 3.12. The number of thiazole rings is 1. The van der Waals surface area contributed by atoms with Gasteiger partial charge in [-0.25, -0.2) is 4.98 Å². The van der Waals surface area contributed by atoms with Gasteiger partial charge in [0.1, 0.15) is 5.75 Å². The highest BCUT2D eigenvalue weighted by Gasteiger charge is 2.20. The lowest BCUT2D eigenvalue weighted by molar-refractivity contribution is -0.858. The summed E-state index contributed by atoms with van der Waals surface area (Å²) in [6, 6.07) is 16.0. The number of methoxy groups -OCH3 is 1. The Labute approximate surface area is 170 Å². The largest absolute Gasteiger partial charge is 0.497 e. The number of ether oxygens (including phenoxy) is 1. The summed E-state index contributed by atoms with van der Waals surface area (Å²) in [5, 5.41) is 0.773. The number of quaternary nitrogens is 1. The molecule has 0 atom stereocenters. The first-order valence-electron chi connectivity index (χ1n) is 9.64. The van der Waals surface area contributed by atoms with Crippen LogP contribution in [0.1, 0.15) is 18.4 Å². The molecule has 1 amide bonds. The standard InChI is InChI=1S/C22H27N3O2S/c1-24(2)14-7-15-25(21(26)13-10-17-8-5-4-6-9-17)22-23-19-16-18(27-3)11-12-20(19)28-22/h4-6,8-9,11-12,16H,7,10,13-15H2,1-3H3/p+1. The maximum absolute atomic E-state index is 13.1. The van der Waals surface area contributed by atoms with Crippen molar-refractivity contribution in [2.75, 3.05) is 39.2 Å². The number of benzene rings is 2. The van der Waals surface area contributed by atoms with Crippen LogP contribution in [0.25, 0.3) is 10.2 Å². The Bertz CT molecular complexity index is 909. The molecule has 3 rings (SSSR count). The molecular weight excluding hydrogens is 370 g/mol. The smallest absolute Gasteiger partial charge is 0.229 e. The molecule has 5 nitrogen and oxygen atoms in total.